The number of aromatic nitrogens is 4. The van der Waals surface area contributed by atoms with Crippen molar-refractivity contribution >= 4 is 40.9 Å². The Morgan fingerprint density at radius 2 is 2.07 bits per heavy atom. The molecule has 1 aliphatic rings. The molecule has 0 bridgehead atoms. The molecule has 0 radical (unpaired) electrons. The van der Waals surface area contributed by atoms with E-state index in [-0.39, 0.29) is 6.04 Å². The molecule has 1 aliphatic heterocycles. The maximum absolute atomic E-state index is 5.36. The molecule has 1 atom stereocenters. The normalized spacial score (nSPS) is 17.0. The van der Waals surface area contributed by atoms with Crippen LogP contribution in [0.3, 0.4) is 0 Å². The topological polar surface area (TPSA) is 78.9 Å². The van der Waals surface area contributed by atoms with E-state index in [1.807, 2.05) is 19.9 Å². The fraction of sp³-hybridized carbons (Fsp3) is 0.500. The van der Waals surface area contributed by atoms with E-state index < -0.39 is 0 Å². The molecule has 0 saturated carbocycles. The summed E-state index contributed by atoms with van der Waals surface area (Å²) >= 11 is 6.77. The highest BCUT2D eigenvalue weighted by Gasteiger charge is 2.20. The second-order valence-corrected chi connectivity index (χ2v) is 8.36. The zero-order chi connectivity index (χ0) is 19.2. The van der Waals surface area contributed by atoms with Crippen LogP contribution in [0.25, 0.3) is 0 Å². The van der Waals surface area contributed by atoms with Crippen LogP contribution in [0.4, 0.5) is 11.8 Å². The van der Waals surface area contributed by atoms with Gasteiger partial charge in [-0.3, -0.25) is 0 Å². The van der Waals surface area contributed by atoms with E-state index in [0.717, 1.165) is 23.9 Å². The smallest absolute Gasteiger partial charge is 0.232 e. The standard InChI is InChI=1S/C18H25N7S2/c1-12(2)21-17(26)24-16-22-14(25-9-4-6-13(3)11-25)10-15(23-16)27-18-19-7-5-8-20-18/h5,7-8,10,12-13H,4,6,9,11H2,1-3H3,(H2,21,22,23,24,26). The lowest BCUT2D eigenvalue weighted by Gasteiger charge is -2.32. The Bertz CT molecular complexity index is 770. The second-order valence-electron chi connectivity index (χ2n) is 6.97. The average Bonchev–Trinajstić information content (AvgIpc) is 2.61. The highest BCUT2D eigenvalue weighted by atomic mass is 32.2. The van der Waals surface area contributed by atoms with Crippen molar-refractivity contribution in [2.45, 2.75) is 49.8 Å². The number of nitrogens with one attached hydrogen (secondary N) is 2. The Kier molecular flexibility index (Phi) is 6.78. The van der Waals surface area contributed by atoms with Gasteiger partial charge in [-0.25, -0.2) is 15.0 Å². The van der Waals surface area contributed by atoms with Gasteiger partial charge in [0, 0.05) is 37.6 Å². The molecule has 1 unspecified atom stereocenters. The number of hydrogen-bond acceptors (Lipinski definition) is 7. The lowest BCUT2D eigenvalue weighted by molar-refractivity contribution is 0.444. The molecule has 3 rings (SSSR count). The number of rotatable bonds is 5. The van der Waals surface area contributed by atoms with Gasteiger partial charge in [-0.1, -0.05) is 6.92 Å². The zero-order valence-electron chi connectivity index (χ0n) is 15.8. The Hall–Kier alpha value is -2.00. The van der Waals surface area contributed by atoms with Gasteiger partial charge in [0.2, 0.25) is 5.95 Å². The van der Waals surface area contributed by atoms with Gasteiger partial charge >= 0.3 is 0 Å². The van der Waals surface area contributed by atoms with E-state index in [0.29, 0.717) is 22.1 Å². The van der Waals surface area contributed by atoms with Crippen LogP contribution in [-0.4, -0.2) is 44.2 Å². The lowest BCUT2D eigenvalue weighted by atomic mass is 10.0. The lowest BCUT2D eigenvalue weighted by Crippen LogP contribution is -2.36. The molecule has 0 aromatic carbocycles. The largest absolute Gasteiger partial charge is 0.360 e. The quantitative estimate of drug-likeness (QED) is 0.444. The SMILES string of the molecule is CC1CCCN(c2cc(Sc3ncccn3)nc(NC(=S)NC(C)C)n2)C1. The molecule has 7 nitrogen and oxygen atoms in total. The van der Waals surface area contributed by atoms with Crippen LogP contribution in [0, 0.1) is 5.92 Å². The van der Waals surface area contributed by atoms with Crippen LogP contribution < -0.4 is 15.5 Å². The van der Waals surface area contributed by atoms with Gasteiger partial charge in [0.05, 0.1) is 0 Å². The van der Waals surface area contributed by atoms with Crippen LogP contribution in [0.15, 0.2) is 34.7 Å². The maximum Gasteiger partial charge on any atom is 0.232 e. The molecule has 2 aromatic rings. The van der Waals surface area contributed by atoms with Crippen LogP contribution in [0.5, 0.6) is 0 Å². The Balaban J connectivity index is 1.85. The van der Waals surface area contributed by atoms with E-state index >= 15 is 0 Å². The van der Waals surface area contributed by atoms with Crippen molar-refractivity contribution in [1.82, 2.24) is 25.3 Å². The summed E-state index contributed by atoms with van der Waals surface area (Å²) < 4.78 is 0. The van der Waals surface area contributed by atoms with Crippen molar-refractivity contribution in [2.24, 2.45) is 5.92 Å². The molecule has 2 N–H and O–H groups in total. The number of thiocarbonyl (C=S) groups is 1. The first-order valence-electron chi connectivity index (χ1n) is 9.16. The monoisotopic (exact) mass is 403 g/mol. The summed E-state index contributed by atoms with van der Waals surface area (Å²) in [7, 11) is 0. The molecule has 1 fully saturated rings. The first-order chi connectivity index (χ1) is 13.0. The predicted molar refractivity (Wildman–Crippen MR) is 113 cm³/mol. The highest BCUT2D eigenvalue weighted by molar-refractivity contribution is 7.99. The van der Waals surface area contributed by atoms with Crippen molar-refractivity contribution < 1.29 is 0 Å². The van der Waals surface area contributed by atoms with Crippen LogP contribution in [-0.2, 0) is 0 Å². The molecule has 0 aliphatic carbocycles. The third kappa shape index (κ3) is 6.00. The van der Waals surface area contributed by atoms with E-state index in [4.69, 9.17) is 17.2 Å². The molecule has 0 spiro atoms. The van der Waals surface area contributed by atoms with Gasteiger partial charge in [0.25, 0.3) is 0 Å². The third-order valence-corrected chi connectivity index (χ3v) is 5.08. The summed E-state index contributed by atoms with van der Waals surface area (Å²) in [5, 5.41) is 8.23. The van der Waals surface area contributed by atoms with Gasteiger partial charge in [-0.15, -0.1) is 0 Å². The molecule has 144 valence electrons. The molecular weight excluding hydrogens is 378 g/mol. The zero-order valence-corrected chi connectivity index (χ0v) is 17.5. The van der Waals surface area contributed by atoms with E-state index in [9.17, 15) is 0 Å². The first-order valence-corrected chi connectivity index (χ1v) is 10.4. The Morgan fingerprint density at radius 3 is 2.78 bits per heavy atom. The molecule has 1 saturated heterocycles. The van der Waals surface area contributed by atoms with Gasteiger partial charge in [-0.05, 0) is 62.7 Å². The van der Waals surface area contributed by atoms with E-state index in [1.165, 1.54) is 24.6 Å². The molecule has 9 heteroatoms. The average molecular weight is 404 g/mol. The predicted octanol–water partition coefficient (Wildman–Crippen LogP) is 3.35. The Labute approximate surface area is 169 Å². The van der Waals surface area contributed by atoms with Gasteiger partial charge in [0.15, 0.2) is 10.3 Å². The van der Waals surface area contributed by atoms with Gasteiger partial charge in [0.1, 0.15) is 10.8 Å². The van der Waals surface area contributed by atoms with Crippen molar-refractivity contribution in [2.75, 3.05) is 23.3 Å². The molecule has 27 heavy (non-hydrogen) atoms. The number of nitrogens with zero attached hydrogens (tertiary/aromatic N) is 5. The minimum absolute atomic E-state index is 0.239. The van der Waals surface area contributed by atoms with Gasteiger partial charge in [-0.2, -0.15) is 4.98 Å². The summed E-state index contributed by atoms with van der Waals surface area (Å²) in [6.07, 6.45) is 5.88. The first kappa shape index (κ1) is 19.8. The summed E-state index contributed by atoms with van der Waals surface area (Å²) in [6, 6.07) is 4.04. The maximum atomic E-state index is 5.36. The summed E-state index contributed by atoms with van der Waals surface area (Å²) in [5.74, 6) is 2.05. The van der Waals surface area contributed by atoms with Crippen molar-refractivity contribution in [3.05, 3.63) is 24.5 Å². The highest BCUT2D eigenvalue weighted by Crippen LogP contribution is 2.28. The summed E-state index contributed by atoms with van der Waals surface area (Å²) in [5.41, 5.74) is 0. The molecular formula is C18H25N7S2. The van der Waals surface area contributed by atoms with Crippen molar-refractivity contribution in [3.8, 4) is 0 Å². The third-order valence-electron chi connectivity index (χ3n) is 4.05. The fourth-order valence-electron chi connectivity index (χ4n) is 2.91. The fourth-order valence-corrected chi connectivity index (χ4v) is 3.95. The van der Waals surface area contributed by atoms with Crippen LogP contribution >= 0.6 is 24.0 Å². The molecule has 2 aromatic heterocycles. The number of anilines is 2. The Morgan fingerprint density at radius 1 is 1.30 bits per heavy atom. The number of hydrogen-bond donors (Lipinski definition) is 2. The van der Waals surface area contributed by atoms with Crippen LogP contribution in [0.2, 0.25) is 0 Å². The van der Waals surface area contributed by atoms with Crippen LogP contribution in [0.1, 0.15) is 33.6 Å². The minimum Gasteiger partial charge on any atom is -0.360 e. The van der Waals surface area contributed by atoms with Gasteiger partial charge < -0.3 is 15.5 Å². The van der Waals surface area contributed by atoms with Crippen molar-refractivity contribution in [1.29, 1.82) is 0 Å². The number of piperidine rings is 1. The van der Waals surface area contributed by atoms with E-state index in [1.54, 1.807) is 18.5 Å². The second kappa shape index (κ2) is 9.27. The summed E-state index contributed by atoms with van der Waals surface area (Å²) in [6.45, 7) is 8.35. The molecule has 3 heterocycles. The molecule has 0 amide bonds. The van der Waals surface area contributed by atoms with E-state index in [2.05, 4.69) is 37.4 Å². The van der Waals surface area contributed by atoms with Crippen molar-refractivity contribution in [3.63, 3.8) is 0 Å². The minimum atomic E-state index is 0.239. The summed E-state index contributed by atoms with van der Waals surface area (Å²) in [4.78, 5) is 20.2.